The Hall–Kier alpha value is -1.98. The van der Waals surface area contributed by atoms with Crippen molar-refractivity contribution in [3.8, 4) is 0 Å². The number of hydrogen-bond donors (Lipinski definition) is 2. The minimum Gasteiger partial charge on any atom is -0.478 e. The van der Waals surface area contributed by atoms with E-state index in [0.717, 1.165) is 0 Å². The van der Waals surface area contributed by atoms with Crippen molar-refractivity contribution >= 4 is 17.6 Å². The molecule has 1 rings (SSSR count). The van der Waals surface area contributed by atoms with Crippen molar-refractivity contribution < 1.29 is 23.5 Å². The molecule has 1 aromatic carbocycles. The van der Waals surface area contributed by atoms with Crippen molar-refractivity contribution in [1.82, 2.24) is 0 Å². The van der Waals surface area contributed by atoms with Gasteiger partial charge >= 0.3 is 5.97 Å². The highest BCUT2D eigenvalue weighted by Gasteiger charge is 2.24. The average molecular weight is 257 g/mol. The van der Waals surface area contributed by atoms with E-state index in [-0.39, 0.29) is 5.69 Å². The normalized spacial score (nSPS) is 11.2. The summed E-state index contributed by atoms with van der Waals surface area (Å²) in [7, 11) is 0. The fourth-order valence-corrected chi connectivity index (χ4v) is 1.14. The Bertz CT molecular complexity index is 507. The third-order valence-electron chi connectivity index (χ3n) is 2.22. The third-order valence-corrected chi connectivity index (χ3v) is 2.22. The van der Waals surface area contributed by atoms with Gasteiger partial charge in [0.25, 0.3) is 0 Å². The monoisotopic (exact) mass is 257 g/mol. The molecule has 18 heavy (non-hydrogen) atoms. The quantitative estimate of drug-likeness (QED) is 0.855. The number of carboxylic acids is 1. The summed E-state index contributed by atoms with van der Waals surface area (Å²) in [6.45, 7) is 4.84. The zero-order valence-electron chi connectivity index (χ0n) is 10.2. The van der Waals surface area contributed by atoms with E-state index in [1.165, 1.54) is 0 Å². The van der Waals surface area contributed by atoms with Gasteiger partial charge in [-0.1, -0.05) is 20.8 Å². The number of carboxylic acid groups (broad SMARTS) is 1. The van der Waals surface area contributed by atoms with E-state index in [4.69, 9.17) is 5.11 Å². The number of carbonyl (C=O) groups excluding carboxylic acids is 1. The molecule has 2 N–H and O–H groups in total. The summed E-state index contributed by atoms with van der Waals surface area (Å²) in [5.41, 5.74) is -1.53. The molecule has 0 radical (unpaired) electrons. The maximum Gasteiger partial charge on any atom is 0.337 e. The fourth-order valence-electron chi connectivity index (χ4n) is 1.14. The SMILES string of the molecule is CC(C)(C)C(=O)Nc1cc(F)c(F)cc1C(=O)O. The van der Waals surface area contributed by atoms with Crippen molar-refractivity contribution in [2.24, 2.45) is 5.41 Å². The summed E-state index contributed by atoms with van der Waals surface area (Å²) < 4.78 is 26.0. The van der Waals surface area contributed by atoms with Crippen molar-refractivity contribution in [2.75, 3.05) is 5.32 Å². The van der Waals surface area contributed by atoms with Crippen LogP contribution in [0.4, 0.5) is 14.5 Å². The van der Waals surface area contributed by atoms with Gasteiger partial charge in [0.1, 0.15) is 0 Å². The minimum absolute atomic E-state index is 0.263. The first-order valence-electron chi connectivity index (χ1n) is 5.16. The highest BCUT2D eigenvalue weighted by molar-refractivity contribution is 6.02. The van der Waals surface area contributed by atoms with Crippen LogP contribution in [0.5, 0.6) is 0 Å². The van der Waals surface area contributed by atoms with Gasteiger partial charge in [0.05, 0.1) is 11.3 Å². The van der Waals surface area contributed by atoms with Crippen LogP contribution in [0.3, 0.4) is 0 Å². The highest BCUT2D eigenvalue weighted by Crippen LogP contribution is 2.23. The summed E-state index contributed by atoms with van der Waals surface area (Å²) >= 11 is 0. The van der Waals surface area contributed by atoms with Crippen LogP contribution >= 0.6 is 0 Å². The molecule has 0 atom stereocenters. The van der Waals surface area contributed by atoms with Gasteiger partial charge in [0.15, 0.2) is 11.6 Å². The first kappa shape index (κ1) is 14.1. The number of hydrogen-bond acceptors (Lipinski definition) is 2. The van der Waals surface area contributed by atoms with Crippen LogP contribution in [0.15, 0.2) is 12.1 Å². The molecular weight excluding hydrogens is 244 g/mol. The molecule has 1 amide bonds. The molecule has 0 aliphatic rings. The van der Waals surface area contributed by atoms with Crippen LogP contribution in [0.25, 0.3) is 0 Å². The van der Waals surface area contributed by atoms with E-state index in [2.05, 4.69) is 5.32 Å². The molecule has 0 spiro atoms. The van der Waals surface area contributed by atoms with E-state index in [1.54, 1.807) is 20.8 Å². The zero-order valence-corrected chi connectivity index (χ0v) is 10.2. The lowest BCUT2D eigenvalue weighted by Crippen LogP contribution is -2.28. The predicted octanol–water partition coefficient (Wildman–Crippen LogP) is 2.65. The minimum atomic E-state index is -1.45. The van der Waals surface area contributed by atoms with E-state index in [0.29, 0.717) is 12.1 Å². The molecule has 0 fully saturated rings. The maximum absolute atomic E-state index is 13.1. The van der Waals surface area contributed by atoms with Crippen LogP contribution in [0, 0.1) is 17.0 Å². The number of nitrogens with one attached hydrogen (secondary N) is 1. The van der Waals surface area contributed by atoms with Gasteiger partial charge in [-0.25, -0.2) is 13.6 Å². The number of benzene rings is 1. The second-order valence-electron chi connectivity index (χ2n) is 4.82. The molecule has 98 valence electrons. The Kier molecular flexibility index (Phi) is 3.69. The van der Waals surface area contributed by atoms with Gasteiger partial charge in [-0.05, 0) is 6.07 Å². The van der Waals surface area contributed by atoms with E-state index < -0.39 is 34.5 Å². The molecule has 6 heteroatoms. The third kappa shape index (κ3) is 3.03. The second-order valence-corrected chi connectivity index (χ2v) is 4.82. The van der Waals surface area contributed by atoms with Gasteiger partial charge < -0.3 is 10.4 Å². The van der Waals surface area contributed by atoms with Crippen molar-refractivity contribution in [3.05, 3.63) is 29.3 Å². The molecule has 0 aliphatic carbocycles. The summed E-state index contributed by atoms with van der Waals surface area (Å²) in [6.07, 6.45) is 0. The molecule has 0 unspecified atom stereocenters. The number of halogens is 2. The largest absolute Gasteiger partial charge is 0.478 e. The molecule has 0 aromatic heterocycles. The number of carbonyl (C=O) groups is 2. The average Bonchev–Trinajstić information content (AvgIpc) is 2.21. The Morgan fingerprint density at radius 1 is 1.17 bits per heavy atom. The summed E-state index contributed by atoms with van der Waals surface area (Å²) in [4.78, 5) is 22.6. The molecule has 0 heterocycles. The lowest BCUT2D eigenvalue weighted by atomic mass is 9.95. The van der Waals surface area contributed by atoms with Crippen LogP contribution in [-0.2, 0) is 4.79 Å². The van der Waals surface area contributed by atoms with Crippen molar-refractivity contribution in [1.29, 1.82) is 0 Å². The Morgan fingerprint density at radius 2 is 1.67 bits per heavy atom. The number of aromatic carboxylic acids is 1. The number of amides is 1. The van der Waals surface area contributed by atoms with Crippen LogP contribution < -0.4 is 5.32 Å². The van der Waals surface area contributed by atoms with Crippen LogP contribution in [0.2, 0.25) is 0 Å². The van der Waals surface area contributed by atoms with Gasteiger partial charge in [0.2, 0.25) is 5.91 Å². The predicted molar refractivity (Wildman–Crippen MR) is 61.4 cm³/mol. The summed E-state index contributed by atoms with van der Waals surface area (Å²) in [6, 6.07) is 1.19. The Morgan fingerprint density at radius 3 is 2.11 bits per heavy atom. The van der Waals surface area contributed by atoms with Gasteiger partial charge in [-0.3, -0.25) is 4.79 Å². The summed E-state index contributed by atoms with van der Waals surface area (Å²) in [5, 5.41) is 11.1. The van der Waals surface area contributed by atoms with E-state index in [9.17, 15) is 18.4 Å². The van der Waals surface area contributed by atoms with E-state index in [1.807, 2.05) is 0 Å². The first-order valence-corrected chi connectivity index (χ1v) is 5.16. The second kappa shape index (κ2) is 4.72. The smallest absolute Gasteiger partial charge is 0.337 e. The fraction of sp³-hybridized carbons (Fsp3) is 0.333. The molecule has 0 saturated heterocycles. The zero-order chi connectivity index (χ0) is 14.1. The van der Waals surface area contributed by atoms with Gasteiger partial charge in [0, 0.05) is 11.5 Å². The molecule has 0 bridgehead atoms. The molecular formula is C12H13F2NO3. The molecule has 0 aliphatic heterocycles. The molecule has 0 saturated carbocycles. The summed E-state index contributed by atoms with van der Waals surface area (Å²) in [5.74, 6) is -4.43. The van der Waals surface area contributed by atoms with Crippen LogP contribution in [0.1, 0.15) is 31.1 Å². The Balaban J connectivity index is 3.20. The topological polar surface area (TPSA) is 66.4 Å². The lowest BCUT2D eigenvalue weighted by Gasteiger charge is -2.18. The maximum atomic E-state index is 13.1. The molecule has 4 nitrogen and oxygen atoms in total. The Labute approximate surface area is 103 Å². The van der Waals surface area contributed by atoms with Gasteiger partial charge in [-0.2, -0.15) is 0 Å². The first-order chi connectivity index (χ1) is 8.12. The lowest BCUT2D eigenvalue weighted by molar-refractivity contribution is -0.123. The van der Waals surface area contributed by atoms with Crippen LogP contribution in [-0.4, -0.2) is 17.0 Å². The standard InChI is InChI=1S/C12H13F2NO3/c1-12(2,3)11(18)15-9-5-8(14)7(13)4-6(9)10(16)17/h4-5H,1-3H3,(H,15,18)(H,16,17). The number of anilines is 1. The highest BCUT2D eigenvalue weighted by atomic mass is 19.2. The van der Waals surface area contributed by atoms with Crippen molar-refractivity contribution in [3.63, 3.8) is 0 Å². The van der Waals surface area contributed by atoms with Crippen molar-refractivity contribution in [2.45, 2.75) is 20.8 Å². The number of rotatable bonds is 2. The van der Waals surface area contributed by atoms with Gasteiger partial charge in [-0.15, -0.1) is 0 Å². The van der Waals surface area contributed by atoms with E-state index >= 15 is 0 Å². The molecule has 1 aromatic rings.